The van der Waals surface area contributed by atoms with E-state index in [1.165, 1.54) is 80.8 Å². The van der Waals surface area contributed by atoms with Crippen molar-refractivity contribution in [3.63, 3.8) is 0 Å². The maximum Gasteiger partial charge on any atom is 0.252 e. The fourth-order valence-electron chi connectivity index (χ4n) is 14.9. The average molecular weight is 1160 g/mol. The first-order valence-electron chi connectivity index (χ1n) is 30.0. The molecule has 0 aromatic heterocycles. The molecule has 0 radical (unpaired) electrons. The average Bonchev–Trinajstić information content (AvgIpc) is 0.749. The van der Waals surface area contributed by atoms with Crippen LogP contribution in [0, 0.1) is 12.1 Å². The highest BCUT2D eigenvalue weighted by Gasteiger charge is 2.51. The third-order valence-corrected chi connectivity index (χ3v) is 20.5. The third kappa shape index (κ3) is 7.26. The zero-order valence-electron chi connectivity index (χ0n) is 47.4. The lowest BCUT2D eigenvalue weighted by molar-refractivity contribution is 1.16. The summed E-state index contributed by atoms with van der Waals surface area (Å²) in [6.07, 6.45) is 0. The van der Waals surface area contributed by atoms with Gasteiger partial charge in [-0.2, -0.15) is 0 Å². The minimum atomic E-state index is -0.149. The maximum atomic E-state index is 3.53. The van der Waals surface area contributed by atoms with Gasteiger partial charge in [-0.15, -0.1) is 0 Å². The van der Waals surface area contributed by atoms with Gasteiger partial charge in [0.05, 0.1) is 39.8 Å². The van der Waals surface area contributed by atoms with Gasteiger partial charge < -0.3 is 29.4 Å². The van der Waals surface area contributed by atoms with Gasteiger partial charge in [0.2, 0.25) is 0 Å². The standard InChI is InChI=1S/C78H48B2N6S2/c1-7-25-51(26-8-1)81(52-27-9-2-10-28-52)57-45-67-75-69(47-57)85-63-39-19-21-41-71(63)87-73-43-23-37-59(77(73)85)79(75)61-49-62-66(50-65(61)83(67)55-33-15-5-16-34-55)84(56-35-17-6-18-36-56)68-46-58(82(53-29-11-3-12-30-53)54-31-13-4-14-32-54)48-70-76(68)80(62)60-38-24-44-74-78(60)86(70)64-40-20-22-42-72(64)88-74/h1-13,15-31,33-50H. The van der Waals surface area contributed by atoms with Crippen LogP contribution in [0.2, 0.25) is 0 Å². The Hall–Kier alpha value is -10.7. The number of anilines is 18. The highest BCUT2D eigenvalue weighted by atomic mass is 32.2. The molecule has 6 heterocycles. The highest BCUT2D eigenvalue weighted by Crippen LogP contribution is 2.58. The smallest absolute Gasteiger partial charge is 0.252 e. The van der Waals surface area contributed by atoms with Crippen molar-refractivity contribution in [1.82, 2.24) is 0 Å². The monoisotopic (exact) mass is 1150 g/mol. The van der Waals surface area contributed by atoms with Gasteiger partial charge in [0.15, 0.2) is 0 Å². The van der Waals surface area contributed by atoms with Crippen LogP contribution in [0.1, 0.15) is 0 Å². The molecule has 0 atom stereocenters. The number of nitrogens with zero attached hydrogens (tertiary/aromatic N) is 6. The lowest BCUT2D eigenvalue weighted by Crippen LogP contribution is -2.65. The van der Waals surface area contributed by atoms with Gasteiger partial charge in [-0.3, -0.25) is 0 Å². The first-order chi connectivity index (χ1) is 43.7. The van der Waals surface area contributed by atoms with Crippen molar-refractivity contribution >= 4 is 172 Å². The number of para-hydroxylation sites is 9. The number of fused-ring (bicyclic) bond motifs is 12. The van der Waals surface area contributed by atoms with E-state index in [9.17, 15) is 0 Å². The third-order valence-electron chi connectivity index (χ3n) is 18.3. The van der Waals surface area contributed by atoms with Crippen LogP contribution in [0.25, 0.3) is 0 Å². The zero-order valence-corrected chi connectivity index (χ0v) is 49.0. The molecular formula is C78H48B2N6S2. The summed E-state index contributed by atoms with van der Waals surface area (Å²) in [5.74, 6) is 0. The van der Waals surface area contributed by atoms with Gasteiger partial charge in [-0.05, 0) is 178 Å². The van der Waals surface area contributed by atoms with E-state index in [0.29, 0.717) is 0 Å². The van der Waals surface area contributed by atoms with Crippen LogP contribution in [0.3, 0.4) is 0 Å². The SMILES string of the molecule is c1cccc(N(c2ccccc2)c2cc3c4c(c2)N2c5ccccc5Sc5cccc(c52)B4c2cc4c(cc2N3c2ccccc2)N(c2ccccc2)c2cc(N(c3ccccc3)c3ccccc3)cc3c2B4c2cccc4c2N3c2ccccc2S4)c#1. The van der Waals surface area contributed by atoms with Crippen molar-refractivity contribution in [3.8, 4) is 0 Å². The van der Waals surface area contributed by atoms with Crippen LogP contribution in [0.4, 0.5) is 102 Å². The molecule has 13 aromatic rings. The summed E-state index contributed by atoms with van der Waals surface area (Å²) in [6, 6.07) is 115. The minimum Gasteiger partial charge on any atom is -0.311 e. The van der Waals surface area contributed by atoms with Crippen LogP contribution >= 0.6 is 23.5 Å². The molecule has 0 bridgehead atoms. The lowest BCUT2D eigenvalue weighted by Gasteiger charge is -2.49. The van der Waals surface area contributed by atoms with Crippen LogP contribution in [-0.4, -0.2) is 13.4 Å². The fourth-order valence-corrected chi connectivity index (χ4v) is 17.1. The molecule has 88 heavy (non-hydrogen) atoms. The van der Waals surface area contributed by atoms with E-state index in [-0.39, 0.29) is 13.4 Å². The van der Waals surface area contributed by atoms with E-state index in [0.717, 1.165) is 73.9 Å². The number of hydrogen-bond donors (Lipinski definition) is 0. The van der Waals surface area contributed by atoms with E-state index in [1.807, 2.05) is 29.6 Å². The van der Waals surface area contributed by atoms with Crippen molar-refractivity contribution in [2.24, 2.45) is 0 Å². The predicted molar refractivity (Wildman–Crippen MR) is 370 cm³/mol. The quantitative estimate of drug-likeness (QED) is 0.138. The lowest BCUT2D eigenvalue weighted by atomic mass is 9.30. The van der Waals surface area contributed by atoms with Gasteiger partial charge in [0.1, 0.15) is 0 Å². The van der Waals surface area contributed by atoms with Gasteiger partial charge in [-0.1, -0.05) is 181 Å². The molecule has 6 nitrogen and oxygen atoms in total. The normalized spacial score (nSPS) is 13.6. The Bertz CT molecular complexity index is 4590. The number of benzene rings is 12. The Balaban J connectivity index is 0.941. The van der Waals surface area contributed by atoms with Crippen molar-refractivity contribution in [1.29, 1.82) is 0 Å². The topological polar surface area (TPSA) is 19.4 Å². The molecule has 408 valence electrons. The Morgan fingerprint density at radius 3 is 1.14 bits per heavy atom. The van der Waals surface area contributed by atoms with Crippen molar-refractivity contribution in [3.05, 3.63) is 303 Å². The van der Waals surface area contributed by atoms with E-state index in [4.69, 9.17) is 0 Å². The maximum absolute atomic E-state index is 3.53. The van der Waals surface area contributed by atoms with Crippen molar-refractivity contribution < 1.29 is 0 Å². The molecule has 0 saturated heterocycles. The predicted octanol–water partition coefficient (Wildman–Crippen LogP) is 17.3. The second-order valence-corrected chi connectivity index (χ2v) is 25.2. The van der Waals surface area contributed by atoms with E-state index in [1.54, 1.807) is 0 Å². The molecule has 0 saturated carbocycles. The summed E-state index contributed by atoms with van der Waals surface area (Å²) >= 11 is 3.76. The minimum absolute atomic E-state index is 0.141. The van der Waals surface area contributed by atoms with Crippen LogP contribution < -0.4 is 62.2 Å². The Kier molecular flexibility index (Phi) is 10.9. The molecule has 0 fully saturated rings. The Morgan fingerprint density at radius 2 is 0.682 bits per heavy atom. The van der Waals surface area contributed by atoms with E-state index >= 15 is 0 Å². The molecule has 0 N–H and O–H groups in total. The number of hydrogen-bond acceptors (Lipinski definition) is 8. The first-order valence-corrected chi connectivity index (χ1v) is 31.6. The summed E-state index contributed by atoms with van der Waals surface area (Å²) in [4.78, 5) is 20.1. The molecule has 6 aliphatic rings. The summed E-state index contributed by atoms with van der Waals surface area (Å²) < 4.78 is 0. The summed E-state index contributed by atoms with van der Waals surface area (Å²) in [5.41, 5.74) is 27.8. The zero-order chi connectivity index (χ0) is 57.6. The number of rotatable bonds is 8. The van der Waals surface area contributed by atoms with Crippen molar-refractivity contribution in [2.75, 3.05) is 29.4 Å². The highest BCUT2D eigenvalue weighted by molar-refractivity contribution is 8.00. The van der Waals surface area contributed by atoms with Gasteiger partial charge >= 0.3 is 0 Å². The molecule has 0 amide bonds. The van der Waals surface area contributed by atoms with E-state index in [2.05, 4.69) is 327 Å². The molecule has 0 spiro atoms. The molecule has 0 unspecified atom stereocenters. The summed E-state index contributed by atoms with van der Waals surface area (Å²) in [7, 11) is 0. The molecule has 6 aliphatic heterocycles. The first kappa shape index (κ1) is 49.6. The molecular weight excluding hydrogens is 1110 g/mol. The van der Waals surface area contributed by atoms with Crippen LogP contribution in [0.15, 0.2) is 311 Å². The van der Waals surface area contributed by atoms with Gasteiger partial charge in [0, 0.05) is 82.1 Å². The van der Waals surface area contributed by atoms with Gasteiger partial charge in [-0.25, -0.2) is 0 Å². The largest absolute Gasteiger partial charge is 0.311 e. The van der Waals surface area contributed by atoms with E-state index < -0.39 is 0 Å². The molecule has 10 heteroatoms. The summed E-state index contributed by atoms with van der Waals surface area (Å²) in [5, 5.41) is 0. The molecule has 13 aromatic carbocycles. The van der Waals surface area contributed by atoms with Crippen molar-refractivity contribution in [2.45, 2.75) is 19.6 Å². The summed E-state index contributed by atoms with van der Waals surface area (Å²) in [6.45, 7) is -0.290. The molecule has 0 aliphatic carbocycles. The second kappa shape index (κ2) is 19.4. The van der Waals surface area contributed by atoms with Crippen LogP contribution in [-0.2, 0) is 0 Å². The Labute approximate surface area is 521 Å². The second-order valence-electron chi connectivity index (χ2n) is 23.0. The fraction of sp³-hybridized carbons (Fsp3) is 0. The van der Waals surface area contributed by atoms with Crippen LogP contribution in [0.5, 0.6) is 0 Å². The molecule has 19 rings (SSSR count). The van der Waals surface area contributed by atoms with Gasteiger partial charge in [0.25, 0.3) is 13.4 Å². The Morgan fingerprint density at radius 1 is 0.284 bits per heavy atom.